The molecule has 1 atom stereocenters. The molecule has 0 spiro atoms. The van der Waals surface area contributed by atoms with Crippen molar-refractivity contribution in [1.82, 2.24) is 15.1 Å². The zero-order valence-electron chi connectivity index (χ0n) is 11.0. The van der Waals surface area contributed by atoms with Gasteiger partial charge in [0, 0.05) is 39.3 Å². The summed E-state index contributed by atoms with van der Waals surface area (Å²) >= 11 is 0. The average molecular weight is 239 g/mol. The Labute approximate surface area is 104 Å². The van der Waals surface area contributed by atoms with E-state index in [1.165, 1.54) is 19.3 Å². The van der Waals surface area contributed by atoms with Gasteiger partial charge in [-0.3, -0.25) is 9.69 Å². The topological polar surface area (TPSA) is 35.6 Å². The maximum atomic E-state index is 12.1. The van der Waals surface area contributed by atoms with E-state index < -0.39 is 0 Å². The number of likely N-dealkylation sites (tertiary alicyclic amines) is 1. The molecule has 2 aliphatic rings. The number of hydrogen-bond acceptors (Lipinski definition) is 3. The van der Waals surface area contributed by atoms with Gasteiger partial charge in [0.1, 0.15) is 0 Å². The molecule has 98 valence electrons. The van der Waals surface area contributed by atoms with Crippen molar-refractivity contribution >= 4 is 5.91 Å². The molecule has 17 heavy (non-hydrogen) atoms. The summed E-state index contributed by atoms with van der Waals surface area (Å²) in [5, 5.41) is 3.31. The fourth-order valence-corrected chi connectivity index (χ4v) is 2.86. The Balaban J connectivity index is 1.72. The van der Waals surface area contributed by atoms with Gasteiger partial charge in [0.2, 0.25) is 5.91 Å². The number of amides is 1. The Morgan fingerprint density at radius 2 is 2.06 bits per heavy atom. The van der Waals surface area contributed by atoms with Crippen molar-refractivity contribution in [3.8, 4) is 0 Å². The molecule has 0 aromatic carbocycles. The van der Waals surface area contributed by atoms with Crippen LogP contribution in [0.4, 0.5) is 0 Å². The smallest absolute Gasteiger partial charge is 0.236 e. The zero-order valence-corrected chi connectivity index (χ0v) is 11.0. The summed E-state index contributed by atoms with van der Waals surface area (Å²) in [5.74, 6) is 1.09. The quantitative estimate of drug-likeness (QED) is 0.778. The summed E-state index contributed by atoms with van der Waals surface area (Å²) in [7, 11) is 0. The third kappa shape index (κ3) is 3.68. The van der Waals surface area contributed by atoms with E-state index in [9.17, 15) is 4.79 Å². The van der Waals surface area contributed by atoms with Crippen LogP contribution in [0.25, 0.3) is 0 Å². The first-order chi connectivity index (χ1) is 8.29. The van der Waals surface area contributed by atoms with Crippen molar-refractivity contribution in [3.63, 3.8) is 0 Å². The minimum absolute atomic E-state index is 0.338. The largest absolute Gasteiger partial charge is 0.341 e. The number of hydrogen-bond donors (Lipinski definition) is 1. The lowest BCUT2D eigenvalue weighted by atomic mass is 10.0. The molecule has 0 aromatic heterocycles. The molecule has 2 aliphatic heterocycles. The number of nitrogens with zero attached hydrogens (tertiary/aromatic N) is 2. The maximum Gasteiger partial charge on any atom is 0.236 e. The van der Waals surface area contributed by atoms with Gasteiger partial charge in [-0.1, -0.05) is 13.3 Å². The third-order valence-electron chi connectivity index (χ3n) is 3.90. The SMILES string of the molecule is CCCC1CCN(C(=O)CN2CCNCC2)C1. The van der Waals surface area contributed by atoms with Gasteiger partial charge in [0.15, 0.2) is 0 Å². The standard InChI is InChI=1S/C13H25N3O/c1-2-3-12-4-7-16(10-12)13(17)11-15-8-5-14-6-9-15/h12,14H,2-11H2,1H3. The van der Waals surface area contributed by atoms with Crippen molar-refractivity contribution in [3.05, 3.63) is 0 Å². The predicted octanol–water partition coefficient (Wildman–Crippen LogP) is 0.540. The molecule has 4 nitrogen and oxygen atoms in total. The van der Waals surface area contributed by atoms with Crippen LogP contribution in [0.5, 0.6) is 0 Å². The van der Waals surface area contributed by atoms with Gasteiger partial charge in [-0.15, -0.1) is 0 Å². The summed E-state index contributed by atoms with van der Waals surface area (Å²) in [6.45, 7) is 8.90. The molecule has 4 heteroatoms. The first kappa shape index (κ1) is 12.8. The van der Waals surface area contributed by atoms with Crippen molar-refractivity contribution in [2.24, 2.45) is 5.92 Å². The Morgan fingerprint density at radius 3 is 2.76 bits per heavy atom. The lowest BCUT2D eigenvalue weighted by Gasteiger charge is -2.28. The molecule has 2 rings (SSSR count). The first-order valence-electron chi connectivity index (χ1n) is 7.00. The summed E-state index contributed by atoms with van der Waals surface area (Å²) in [5.41, 5.74) is 0. The van der Waals surface area contributed by atoms with Crippen LogP contribution < -0.4 is 5.32 Å². The molecule has 1 N–H and O–H groups in total. The molecule has 1 unspecified atom stereocenters. The van der Waals surface area contributed by atoms with E-state index in [1.807, 2.05) is 0 Å². The third-order valence-corrected chi connectivity index (χ3v) is 3.90. The van der Waals surface area contributed by atoms with Gasteiger partial charge < -0.3 is 10.2 Å². The molecular formula is C13H25N3O. The highest BCUT2D eigenvalue weighted by atomic mass is 16.2. The highest BCUT2D eigenvalue weighted by molar-refractivity contribution is 5.78. The molecular weight excluding hydrogens is 214 g/mol. The van der Waals surface area contributed by atoms with Crippen LogP contribution in [0.15, 0.2) is 0 Å². The predicted molar refractivity (Wildman–Crippen MR) is 68.9 cm³/mol. The molecule has 0 radical (unpaired) electrons. The lowest BCUT2D eigenvalue weighted by molar-refractivity contribution is -0.131. The van der Waals surface area contributed by atoms with E-state index in [0.29, 0.717) is 12.5 Å². The molecule has 0 bridgehead atoms. The highest BCUT2D eigenvalue weighted by Crippen LogP contribution is 2.20. The second kappa shape index (κ2) is 6.36. The summed E-state index contributed by atoms with van der Waals surface area (Å²) in [6.07, 6.45) is 3.73. The van der Waals surface area contributed by atoms with Gasteiger partial charge >= 0.3 is 0 Å². The zero-order chi connectivity index (χ0) is 12.1. The Kier molecular flexibility index (Phi) is 4.80. The number of carbonyl (C=O) groups is 1. The van der Waals surface area contributed by atoms with Crippen LogP contribution in [0.2, 0.25) is 0 Å². The van der Waals surface area contributed by atoms with Crippen LogP contribution >= 0.6 is 0 Å². The number of nitrogens with one attached hydrogen (secondary N) is 1. The first-order valence-corrected chi connectivity index (χ1v) is 7.00. The molecule has 2 fully saturated rings. The second-order valence-electron chi connectivity index (χ2n) is 5.31. The van der Waals surface area contributed by atoms with Crippen LogP contribution in [0.1, 0.15) is 26.2 Å². The van der Waals surface area contributed by atoms with Gasteiger partial charge in [-0.25, -0.2) is 0 Å². The van der Waals surface area contributed by atoms with Crippen molar-refractivity contribution in [2.75, 3.05) is 45.8 Å². The average Bonchev–Trinajstić information content (AvgIpc) is 2.79. The maximum absolute atomic E-state index is 12.1. The molecule has 2 saturated heterocycles. The monoisotopic (exact) mass is 239 g/mol. The van der Waals surface area contributed by atoms with Crippen LogP contribution in [-0.4, -0.2) is 61.5 Å². The van der Waals surface area contributed by atoms with Crippen molar-refractivity contribution in [2.45, 2.75) is 26.2 Å². The van der Waals surface area contributed by atoms with Crippen molar-refractivity contribution in [1.29, 1.82) is 0 Å². The summed E-state index contributed by atoms with van der Waals surface area (Å²) in [6, 6.07) is 0. The molecule has 0 aliphatic carbocycles. The molecule has 1 amide bonds. The fourth-order valence-electron chi connectivity index (χ4n) is 2.86. The second-order valence-corrected chi connectivity index (χ2v) is 5.31. The van der Waals surface area contributed by atoms with Gasteiger partial charge in [-0.05, 0) is 18.8 Å². The van der Waals surface area contributed by atoms with Gasteiger partial charge in [-0.2, -0.15) is 0 Å². The van der Waals surface area contributed by atoms with E-state index in [0.717, 1.165) is 45.2 Å². The van der Waals surface area contributed by atoms with Gasteiger partial charge in [0.25, 0.3) is 0 Å². The van der Waals surface area contributed by atoms with E-state index in [4.69, 9.17) is 0 Å². The van der Waals surface area contributed by atoms with E-state index >= 15 is 0 Å². The van der Waals surface area contributed by atoms with E-state index in [-0.39, 0.29) is 0 Å². The minimum atomic E-state index is 0.338. The Morgan fingerprint density at radius 1 is 1.29 bits per heavy atom. The number of rotatable bonds is 4. The van der Waals surface area contributed by atoms with Crippen molar-refractivity contribution < 1.29 is 4.79 Å². The minimum Gasteiger partial charge on any atom is -0.341 e. The number of piperazine rings is 1. The van der Waals surface area contributed by atoms with Crippen LogP contribution in [0, 0.1) is 5.92 Å². The molecule has 0 aromatic rings. The highest BCUT2D eigenvalue weighted by Gasteiger charge is 2.26. The van der Waals surface area contributed by atoms with Gasteiger partial charge in [0.05, 0.1) is 6.54 Å². The fraction of sp³-hybridized carbons (Fsp3) is 0.923. The Hall–Kier alpha value is -0.610. The summed E-state index contributed by atoms with van der Waals surface area (Å²) in [4.78, 5) is 16.5. The normalized spacial score (nSPS) is 26.4. The van der Waals surface area contributed by atoms with Crippen LogP contribution in [-0.2, 0) is 4.79 Å². The van der Waals surface area contributed by atoms with Crippen LogP contribution in [0.3, 0.4) is 0 Å². The molecule has 0 saturated carbocycles. The summed E-state index contributed by atoms with van der Waals surface area (Å²) < 4.78 is 0. The molecule has 2 heterocycles. The Bertz CT molecular complexity index is 251. The lowest BCUT2D eigenvalue weighted by Crippen LogP contribution is -2.48. The number of carbonyl (C=O) groups excluding carboxylic acids is 1. The van der Waals surface area contributed by atoms with E-state index in [2.05, 4.69) is 22.0 Å². The van der Waals surface area contributed by atoms with E-state index in [1.54, 1.807) is 0 Å².